The Morgan fingerprint density at radius 1 is 0.917 bits per heavy atom. The molecule has 0 atom stereocenters. The van der Waals surface area contributed by atoms with Gasteiger partial charge >= 0.3 is 0 Å². The molecule has 0 fully saturated rings. The number of benzene rings is 3. The van der Waals surface area contributed by atoms with Gasteiger partial charge in [-0.05, 0) is 62.2 Å². The lowest BCUT2D eigenvalue weighted by Gasteiger charge is -2.15. The summed E-state index contributed by atoms with van der Waals surface area (Å²) in [5, 5.41) is 3.83. The Bertz CT molecular complexity index is 1300. The summed E-state index contributed by atoms with van der Waals surface area (Å²) in [6, 6.07) is 20.2. The quantitative estimate of drug-likeness (QED) is 0.267. The molecule has 190 valence electrons. The molecular weight excluding hydrogens is 458 g/mol. The van der Waals surface area contributed by atoms with Crippen LogP contribution in [0.1, 0.15) is 60.8 Å². The Balaban J connectivity index is 0.000000275. The second kappa shape index (κ2) is 12.5. The van der Waals surface area contributed by atoms with Crippen molar-refractivity contribution >= 4 is 17.2 Å². The molecule has 0 spiro atoms. The third kappa shape index (κ3) is 6.58. The second-order valence-electron chi connectivity index (χ2n) is 9.27. The summed E-state index contributed by atoms with van der Waals surface area (Å²) >= 11 is 0. The zero-order valence-corrected chi connectivity index (χ0v) is 21.5. The Hall–Kier alpha value is -3.51. The highest BCUT2D eigenvalue weighted by Gasteiger charge is 2.20. The summed E-state index contributed by atoms with van der Waals surface area (Å²) in [6.07, 6.45) is 1.10. The molecule has 0 aliphatic rings. The van der Waals surface area contributed by atoms with Crippen molar-refractivity contribution in [1.82, 2.24) is 9.88 Å². The van der Waals surface area contributed by atoms with E-state index in [1.807, 2.05) is 44.2 Å². The van der Waals surface area contributed by atoms with E-state index in [9.17, 15) is 13.6 Å². The number of ether oxygens (including phenoxy) is 1. The highest BCUT2D eigenvalue weighted by molar-refractivity contribution is 6.00. The topological polar surface area (TPSA) is 43.3 Å². The van der Waals surface area contributed by atoms with Crippen molar-refractivity contribution < 1.29 is 18.3 Å². The largest absolute Gasteiger partial charge is 0.491 e. The van der Waals surface area contributed by atoms with Crippen molar-refractivity contribution in [2.24, 2.45) is 0 Å². The number of nitrogens with one attached hydrogen (secondary N) is 1. The molecule has 0 saturated carbocycles. The number of carbonyl (C=O) groups excluding carboxylic acids is 1. The van der Waals surface area contributed by atoms with E-state index in [1.165, 1.54) is 11.6 Å². The third-order valence-corrected chi connectivity index (χ3v) is 5.70. The summed E-state index contributed by atoms with van der Waals surface area (Å²) in [6.45, 7) is 9.59. The van der Waals surface area contributed by atoms with Gasteiger partial charge in [-0.25, -0.2) is 8.78 Å². The molecule has 36 heavy (non-hydrogen) atoms. The maximum atomic E-state index is 12.5. The van der Waals surface area contributed by atoms with Crippen molar-refractivity contribution in [2.45, 2.75) is 52.8 Å². The highest BCUT2D eigenvalue weighted by atomic mass is 19.2. The second-order valence-corrected chi connectivity index (χ2v) is 9.27. The van der Waals surface area contributed by atoms with E-state index in [1.54, 1.807) is 13.1 Å². The smallest absolute Gasteiger partial charge is 0.159 e. The zero-order valence-electron chi connectivity index (χ0n) is 21.5. The molecule has 1 heterocycles. The fourth-order valence-corrected chi connectivity index (χ4v) is 4.26. The summed E-state index contributed by atoms with van der Waals surface area (Å²) in [4.78, 5) is 11.8. The van der Waals surface area contributed by atoms with Crippen molar-refractivity contribution in [3.8, 4) is 5.75 Å². The van der Waals surface area contributed by atoms with Gasteiger partial charge in [-0.1, -0.05) is 50.2 Å². The third-order valence-electron chi connectivity index (χ3n) is 5.70. The van der Waals surface area contributed by atoms with Crippen molar-refractivity contribution in [2.75, 3.05) is 7.05 Å². The van der Waals surface area contributed by atoms with Crippen molar-refractivity contribution in [1.29, 1.82) is 0 Å². The number of rotatable bonds is 8. The summed E-state index contributed by atoms with van der Waals surface area (Å²) < 4.78 is 33.0. The average Bonchev–Trinajstić information content (AvgIpc) is 3.15. The van der Waals surface area contributed by atoms with Gasteiger partial charge in [0.25, 0.3) is 0 Å². The van der Waals surface area contributed by atoms with E-state index in [4.69, 9.17) is 4.74 Å². The predicted molar refractivity (Wildman–Crippen MR) is 142 cm³/mol. The summed E-state index contributed by atoms with van der Waals surface area (Å²) in [7, 11) is 1.75. The Labute approximate surface area is 211 Å². The van der Waals surface area contributed by atoms with Crippen LogP contribution in [0.15, 0.2) is 66.7 Å². The van der Waals surface area contributed by atoms with Crippen LogP contribution in [0.3, 0.4) is 0 Å². The first-order chi connectivity index (χ1) is 17.2. The molecule has 6 heteroatoms. The summed E-state index contributed by atoms with van der Waals surface area (Å²) in [5.74, 6) is -0.504. The molecular formula is C30H34F2N2O2. The standard InChI is InChI=1S/C22H25NO2.C8H9F2N/c1-15(2)22-20(14-24)19-11-10-18(25-16(3)4)12-21(19)23(22)13-17-8-6-5-7-9-17;1-11-5-6-2-3-7(9)8(10)4-6/h5-12,14-16H,13H2,1-4H3;2-4,11H,5H2,1H3. The van der Waals surface area contributed by atoms with Gasteiger partial charge in [0.2, 0.25) is 0 Å². The zero-order chi connectivity index (χ0) is 26.2. The lowest BCUT2D eigenvalue weighted by Crippen LogP contribution is -2.08. The molecule has 0 amide bonds. The number of halogens is 2. The van der Waals surface area contributed by atoms with E-state index in [-0.39, 0.29) is 12.0 Å². The monoisotopic (exact) mass is 492 g/mol. The fourth-order valence-electron chi connectivity index (χ4n) is 4.26. The van der Waals surface area contributed by atoms with Crippen LogP contribution < -0.4 is 10.1 Å². The van der Waals surface area contributed by atoms with Gasteiger partial charge in [0.05, 0.1) is 11.6 Å². The maximum absolute atomic E-state index is 12.5. The minimum absolute atomic E-state index is 0.116. The first kappa shape index (κ1) is 27.1. The van der Waals surface area contributed by atoms with Crippen LogP contribution in [-0.4, -0.2) is 24.0 Å². The molecule has 0 radical (unpaired) electrons. The Kier molecular flexibility index (Phi) is 9.37. The molecule has 4 rings (SSSR count). The van der Waals surface area contributed by atoms with Crippen LogP contribution in [-0.2, 0) is 13.1 Å². The van der Waals surface area contributed by atoms with Gasteiger partial charge in [0, 0.05) is 35.8 Å². The molecule has 0 unspecified atom stereocenters. The Morgan fingerprint density at radius 2 is 1.64 bits per heavy atom. The first-order valence-electron chi connectivity index (χ1n) is 12.2. The van der Waals surface area contributed by atoms with Crippen LogP contribution in [0.4, 0.5) is 8.78 Å². The van der Waals surface area contributed by atoms with Gasteiger partial charge < -0.3 is 14.6 Å². The van der Waals surface area contributed by atoms with Crippen LogP contribution in [0, 0.1) is 11.6 Å². The SMILES string of the molecule is CC(C)Oc1ccc2c(C=O)c(C(C)C)n(Cc3ccccc3)c2c1.CNCc1ccc(F)c(F)c1. The molecule has 4 aromatic rings. The van der Waals surface area contributed by atoms with E-state index in [2.05, 4.69) is 41.9 Å². The number of hydrogen-bond donors (Lipinski definition) is 1. The summed E-state index contributed by atoms with van der Waals surface area (Å²) in [5.41, 5.74) is 4.88. The number of carbonyl (C=O) groups is 1. The molecule has 4 nitrogen and oxygen atoms in total. The normalized spacial score (nSPS) is 11.0. The minimum Gasteiger partial charge on any atom is -0.491 e. The van der Waals surface area contributed by atoms with Gasteiger partial charge in [-0.15, -0.1) is 0 Å². The van der Waals surface area contributed by atoms with E-state index in [0.717, 1.165) is 52.4 Å². The minimum atomic E-state index is -0.801. The molecule has 1 aromatic heterocycles. The molecule has 0 aliphatic carbocycles. The van der Waals surface area contributed by atoms with Crippen LogP contribution in [0.5, 0.6) is 5.75 Å². The maximum Gasteiger partial charge on any atom is 0.159 e. The van der Waals surface area contributed by atoms with Crippen LogP contribution in [0.25, 0.3) is 10.9 Å². The lowest BCUT2D eigenvalue weighted by atomic mass is 10.0. The number of aldehydes is 1. The van der Waals surface area contributed by atoms with Gasteiger partial charge in [-0.3, -0.25) is 4.79 Å². The van der Waals surface area contributed by atoms with Gasteiger partial charge in [0.15, 0.2) is 17.9 Å². The molecule has 0 saturated heterocycles. The number of nitrogens with zero attached hydrogens (tertiary/aromatic N) is 1. The highest BCUT2D eigenvalue weighted by Crippen LogP contribution is 2.33. The van der Waals surface area contributed by atoms with E-state index >= 15 is 0 Å². The molecule has 0 bridgehead atoms. The molecule has 0 aliphatic heterocycles. The van der Waals surface area contributed by atoms with Gasteiger partial charge in [0.1, 0.15) is 5.75 Å². The number of hydrogen-bond acceptors (Lipinski definition) is 3. The van der Waals surface area contributed by atoms with Gasteiger partial charge in [-0.2, -0.15) is 0 Å². The molecule has 1 N–H and O–H groups in total. The van der Waals surface area contributed by atoms with Crippen LogP contribution in [0.2, 0.25) is 0 Å². The Morgan fingerprint density at radius 3 is 2.22 bits per heavy atom. The van der Waals surface area contributed by atoms with Crippen molar-refractivity contribution in [3.05, 3.63) is 101 Å². The lowest BCUT2D eigenvalue weighted by molar-refractivity contribution is 0.112. The predicted octanol–water partition coefficient (Wildman–Crippen LogP) is 7.10. The van der Waals surface area contributed by atoms with Crippen molar-refractivity contribution in [3.63, 3.8) is 0 Å². The number of aromatic nitrogens is 1. The number of fused-ring (bicyclic) bond motifs is 1. The average molecular weight is 493 g/mol. The van der Waals surface area contributed by atoms with E-state index < -0.39 is 11.6 Å². The van der Waals surface area contributed by atoms with E-state index in [0.29, 0.717) is 6.54 Å². The van der Waals surface area contributed by atoms with Crippen LogP contribution >= 0.6 is 0 Å². The fraction of sp³-hybridized carbons (Fsp3) is 0.300. The first-order valence-corrected chi connectivity index (χ1v) is 12.2. The molecule has 3 aromatic carbocycles.